The first-order chi connectivity index (χ1) is 38.9. The minimum atomic E-state index is -0.864. The molecule has 35 heteroatoms. The van der Waals surface area contributed by atoms with Crippen molar-refractivity contribution in [2.24, 2.45) is 10.7 Å². The van der Waals surface area contributed by atoms with Crippen LogP contribution >= 0.6 is 34.8 Å². The van der Waals surface area contributed by atoms with Crippen LogP contribution in [0.1, 0.15) is 35.2 Å². The van der Waals surface area contributed by atoms with Crippen molar-refractivity contribution in [3.05, 3.63) is 171 Å². The molecule has 0 aliphatic rings. The summed E-state index contributed by atoms with van der Waals surface area (Å²) in [5.41, 5.74) is 12.3. The molecule has 0 fully saturated rings. The fourth-order valence-electron chi connectivity index (χ4n) is 7.11. The molecule has 0 saturated carbocycles. The lowest BCUT2D eigenvalue weighted by molar-refractivity contribution is 0.233. The fraction of sp³-hybridized carbons (Fsp3) is 0.196. The maximum absolute atomic E-state index is 13.4. The number of ether oxygens (including phenoxy) is 3. The molecule has 0 unspecified atom stereocenters. The Bertz CT molecular complexity index is 4190. The molecule has 0 aliphatic carbocycles. The molecule has 0 bridgehead atoms. The second-order valence-electron chi connectivity index (χ2n) is 16.2. The standard InChI is InChI=1S/C18H12ClFN4O6.C16H13ClFN5O5.C12H9ClFN5O4/c1-8-10(15(26)14(8)25)3-2-6-28-17-13(21-30-23-17)16-22-29-18(27)24(16)9-4-5-12(20)11(19)7-9;17-9-6-7(3-4-10(9)18)20-15(21-26)12-16(23-28-22-12)27-5-1-2-8-11(19)14(25)13(8)24;13-7-5-6(1-2-8(7)14)19-10(17-22-12(19)20)9-11(18-23-16-9)21-4-3-15/h4-5,7H,2-3,6H2,1H3;3-4,6,26H,1-2,5,19H2,(H,20,21);1-2,5H,3-4,15H2. The lowest BCUT2D eigenvalue weighted by atomic mass is 9.98. The molecule has 5 aromatic carbocycles. The van der Waals surface area contributed by atoms with Gasteiger partial charge < -0.3 is 25.7 Å². The van der Waals surface area contributed by atoms with Crippen LogP contribution in [-0.2, 0) is 12.8 Å². The van der Waals surface area contributed by atoms with Crippen molar-refractivity contribution in [1.29, 1.82) is 0 Å². The van der Waals surface area contributed by atoms with E-state index in [2.05, 4.69) is 64.7 Å². The third kappa shape index (κ3) is 12.6. The van der Waals surface area contributed by atoms with Gasteiger partial charge in [0.05, 0.1) is 51.0 Å². The summed E-state index contributed by atoms with van der Waals surface area (Å²) in [6, 6.07) is 11.0. The van der Waals surface area contributed by atoms with E-state index in [1.165, 1.54) is 36.4 Å². The number of nitrogens with one attached hydrogen (secondary N) is 1. The number of nitrogens with two attached hydrogens (primary N) is 2. The number of hydrogen-bond acceptors (Lipinski definition) is 26. The summed E-state index contributed by atoms with van der Waals surface area (Å²) in [6.07, 6.45) is 1.44. The number of rotatable bonds is 19. The molecule has 0 atom stereocenters. The highest BCUT2D eigenvalue weighted by Crippen LogP contribution is 2.30. The molecule has 0 amide bonds. The molecule has 10 rings (SSSR count). The Labute approximate surface area is 460 Å². The number of halogens is 6. The van der Waals surface area contributed by atoms with Gasteiger partial charge in [-0.2, -0.15) is 0 Å². The molecule has 0 spiro atoms. The van der Waals surface area contributed by atoms with Gasteiger partial charge in [-0.25, -0.2) is 50.8 Å². The zero-order valence-corrected chi connectivity index (χ0v) is 43.1. The zero-order chi connectivity index (χ0) is 58.1. The van der Waals surface area contributed by atoms with E-state index in [9.17, 15) is 47.1 Å². The Kier molecular flexibility index (Phi) is 18.1. The molecule has 420 valence electrons. The predicted octanol–water partition coefficient (Wildman–Crippen LogP) is 3.70. The van der Waals surface area contributed by atoms with Gasteiger partial charge in [0.15, 0.2) is 5.84 Å². The maximum Gasteiger partial charge on any atom is 0.446 e. The van der Waals surface area contributed by atoms with Gasteiger partial charge in [0.25, 0.3) is 17.6 Å². The SMILES string of the molecule is Cc1c(CCCOc2nonc2-c2noc(=O)n2-c2ccc(F)c(Cl)c2)c(=O)c1=O.NCCOc1nonc1-c1noc(=O)n1-c1ccc(F)c(Cl)c1.Nc1c(CCCOc2nonc2C(=Nc2ccc(F)c(Cl)c2)NO)c(=O)c1=O. The number of aromatic nitrogens is 10. The van der Waals surface area contributed by atoms with Gasteiger partial charge >= 0.3 is 11.5 Å². The fourth-order valence-corrected chi connectivity index (χ4v) is 7.63. The number of hydroxylamine groups is 1. The first-order valence-electron chi connectivity index (χ1n) is 22.9. The van der Waals surface area contributed by atoms with E-state index in [0.717, 1.165) is 27.3 Å². The lowest BCUT2D eigenvalue weighted by Crippen LogP contribution is -2.38. The molecule has 81 heavy (non-hydrogen) atoms. The van der Waals surface area contributed by atoms with Crippen molar-refractivity contribution < 1.29 is 55.5 Å². The molecule has 0 radical (unpaired) electrons. The van der Waals surface area contributed by atoms with E-state index in [0.29, 0.717) is 30.4 Å². The number of hydrogen-bond donors (Lipinski definition) is 4. The lowest BCUT2D eigenvalue weighted by Gasteiger charge is -2.07. The van der Waals surface area contributed by atoms with E-state index >= 15 is 0 Å². The van der Waals surface area contributed by atoms with Crippen LogP contribution in [0.25, 0.3) is 34.4 Å². The van der Waals surface area contributed by atoms with E-state index in [1.54, 1.807) is 6.92 Å². The molecule has 5 aromatic heterocycles. The third-order valence-electron chi connectivity index (χ3n) is 11.1. The zero-order valence-electron chi connectivity index (χ0n) is 40.9. The van der Waals surface area contributed by atoms with Crippen LogP contribution in [0.3, 0.4) is 0 Å². The number of benzene rings is 3. The maximum atomic E-state index is 13.4. The smallest absolute Gasteiger partial charge is 0.446 e. The summed E-state index contributed by atoms with van der Waals surface area (Å²) in [7, 11) is 0. The highest BCUT2D eigenvalue weighted by Gasteiger charge is 2.27. The normalized spacial score (nSPS) is 11.3. The Hall–Kier alpha value is -9.63. The molecular formula is C46H34Cl3F3N14O15. The van der Waals surface area contributed by atoms with E-state index < -0.39 is 50.7 Å². The number of nitrogens with zero attached hydrogens (tertiary/aromatic N) is 11. The summed E-state index contributed by atoms with van der Waals surface area (Å²) in [4.78, 5) is 73.2. The van der Waals surface area contributed by atoms with Crippen LogP contribution in [0.5, 0.6) is 17.6 Å². The molecule has 5 heterocycles. The monoisotopic (exact) mass is 1180 g/mol. The topological polar surface area (TPSA) is 405 Å². The van der Waals surface area contributed by atoms with Crippen LogP contribution in [-0.4, -0.2) is 87.8 Å². The molecule has 29 nitrogen and oxygen atoms in total. The van der Waals surface area contributed by atoms with Crippen molar-refractivity contribution in [1.82, 2.24) is 55.9 Å². The van der Waals surface area contributed by atoms with Crippen molar-refractivity contribution in [3.8, 4) is 52.1 Å². The molecule has 10 aromatic rings. The van der Waals surface area contributed by atoms with Gasteiger partial charge in [-0.05, 0) is 118 Å². The Morgan fingerprint density at radius 1 is 0.617 bits per heavy atom. The van der Waals surface area contributed by atoms with E-state index in [4.69, 9.17) is 65.0 Å². The van der Waals surface area contributed by atoms with Crippen LogP contribution < -0.4 is 64.4 Å². The van der Waals surface area contributed by atoms with Gasteiger partial charge in [0.1, 0.15) is 24.1 Å². The van der Waals surface area contributed by atoms with Gasteiger partial charge in [0.2, 0.25) is 50.4 Å². The molecule has 0 saturated heterocycles. The van der Waals surface area contributed by atoms with Crippen LogP contribution in [0.4, 0.5) is 24.5 Å². The van der Waals surface area contributed by atoms with Gasteiger partial charge in [-0.15, -0.1) is 0 Å². The Morgan fingerprint density at radius 3 is 1.58 bits per heavy atom. The first-order valence-corrected chi connectivity index (χ1v) is 24.0. The van der Waals surface area contributed by atoms with Crippen molar-refractivity contribution >= 4 is 52.0 Å². The summed E-state index contributed by atoms with van der Waals surface area (Å²) in [5, 5.41) is 37.8. The second kappa shape index (κ2) is 25.4. The van der Waals surface area contributed by atoms with Gasteiger partial charge in [0, 0.05) is 23.2 Å². The second-order valence-corrected chi connectivity index (χ2v) is 17.4. The number of aliphatic imine (C=N–C) groups is 1. The summed E-state index contributed by atoms with van der Waals surface area (Å²) < 4.78 is 81.4. The highest BCUT2D eigenvalue weighted by atomic mass is 35.5. The number of anilines is 1. The number of nitrogen functional groups attached to an aromatic ring is 1. The number of amidine groups is 1. The average molecular weight is 1190 g/mol. The summed E-state index contributed by atoms with van der Waals surface area (Å²) in [5.74, 6) is -4.04. The van der Waals surface area contributed by atoms with Crippen molar-refractivity contribution in [2.45, 2.75) is 32.6 Å². The first kappa shape index (κ1) is 57.5. The van der Waals surface area contributed by atoms with Crippen molar-refractivity contribution in [3.63, 3.8) is 0 Å². The minimum absolute atomic E-state index is 0.00860. The van der Waals surface area contributed by atoms with Crippen molar-refractivity contribution in [2.75, 3.05) is 32.1 Å². The summed E-state index contributed by atoms with van der Waals surface area (Å²) in [6.45, 7) is 2.23. The van der Waals surface area contributed by atoms with Gasteiger partial charge in [-0.1, -0.05) is 45.1 Å². The summed E-state index contributed by atoms with van der Waals surface area (Å²) >= 11 is 17.2. The van der Waals surface area contributed by atoms with Gasteiger partial charge in [-0.3, -0.25) is 38.9 Å². The van der Waals surface area contributed by atoms with Crippen LogP contribution in [0.15, 0.2) is 111 Å². The quantitative estimate of drug-likeness (QED) is 0.0295. The third-order valence-corrected chi connectivity index (χ3v) is 12.0. The minimum Gasteiger partial charge on any atom is -0.474 e. The predicted molar refractivity (Wildman–Crippen MR) is 272 cm³/mol. The largest absolute Gasteiger partial charge is 0.474 e. The average Bonchev–Trinajstić information content (AvgIpc) is 4.38. The van der Waals surface area contributed by atoms with E-state index in [1.807, 2.05) is 5.48 Å². The van der Waals surface area contributed by atoms with E-state index in [-0.39, 0.29) is 128 Å². The molecule has 0 aliphatic heterocycles. The Balaban J connectivity index is 0.000000161. The Morgan fingerprint density at radius 2 is 1.09 bits per heavy atom. The van der Waals surface area contributed by atoms with Crippen LogP contribution in [0, 0.1) is 24.4 Å². The highest BCUT2D eigenvalue weighted by molar-refractivity contribution is 6.31. The van der Waals surface area contributed by atoms with Crippen LogP contribution in [0.2, 0.25) is 15.1 Å². The molecule has 6 N–H and O–H groups in total. The molecular weight excluding hydrogens is 1150 g/mol.